The molecule has 0 atom stereocenters. The number of carbonyl (C=O) groups excluding carboxylic acids is 1. The first kappa shape index (κ1) is 14.0. The maximum absolute atomic E-state index is 13.3. The topological polar surface area (TPSA) is 45.2 Å². The second kappa shape index (κ2) is 6.65. The number of nitrogens with zero attached hydrogens (tertiary/aromatic N) is 2. The van der Waals surface area contributed by atoms with Crippen molar-refractivity contribution in [3.63, 3.8) is 0 Å². The molecule has 2 aromatic rings. The Labute approximate surface area is 117 Å². The summed E-state index contributed by atoms with van der Waals surface area (Å²) in [6.07, 6.45) is 1.31. The summed E-state index contributed by atoms with van der Waals surface area (Å²) < 4.78 is 13.3. The fourth-order valence-electron chi connectivity index (χ4n) is 1.80. The Hall–Kier alpha value is -2.43. The average Bonchev–Trinajstić information content (AvgIpc) is 2.48. The molecule has 0 unspecified atom stereocenters. The minimum absolute atomic E-state index is 0.0325. The van der Waals surface area contributed by atoms with Gasteiger partial charge in [0.1, 0.15) is 0 Å². The molecule has 0 fully saturated rings. The van der Waals surface area contributed by atoms with Gasteiger partial charge in [-0.25, -0.2) is 4.98 Å². The molecule has 0 bridgehead atoms. The van der Waals surface area contributed by atoms with Crippen LogP contribution in [-0.2, 0) is 0 Å². The first-order valence-corrected chi connectivity index (χ1v) is 6.33. The Bertz CT molecular complexity index is 574. The largest absolute Gasteiger partial charge is 0.373 e. The number of amides is 1. The van der Waals surface area contributed by atoms with Gasteiger partial charge in [-0.05, 0) is 24.3 Å². The lowest BCUT2D eigenvalue weighted by atomic mass is 10.2. The number of likely N-dealkylation sites (N-methyl/N-ethyl adjacent to an activating group) is 1. The third-order valence-electron chi connectivity index (χ3n) is 2.93. The van der Waals surface area contributed by atoms with Crippen LogP contribution in [0, 0.1) is 5.95 Å². The monoisotopic (exact) mass is 273 g/mol. The van der Waals surface area contributed by atoms with Crippen molar-refractivity contribution in [3.05, 3.63) is 60.2 Å². The molecule has 104 valence electrons. The summed E-state index contributed by atoms with van der Waals surface area (Å²) in [4.78, 5) is 17.2. The molecule has 2 rings (SSSR count). The second-order valence-electron chi connectivity index (χ2n) is 4.35. The van der Waals surface area contributed by atoms with Crippen LogP contribution in [-0.4, -0.2) is 31.0 Å². The molecule has 1 amide bonds. The summed E-state index contributed by atoms with van der Waals surface area (Å²) in [7, 11) is 1.94. The lowest BCUT2D eigenvalue weighted by molar-refractivity contribution is 0.0950. The molecule has 1 aromatic carbocycles. The number of hydrogen-bond acceptors (Lipinski definition) is 3. The van der Waals surface area contributed by atoms with Gasteiger partial charge in [0.15, 0.2) is 0 Å². The Kier molecular flexibility index (Phi) is 4.65. The maximum atomic E-state index is 13.3. The van der Waals surface area contributed by atoms with Gasteiger partial charge in [0.2, 0.25) is 5.95 Å². The Balaban J connectivity index is 1.84. The number of pyridine rings is 1. The van der Waals surface area contributed by atoms with Crippen LogP contribution in [0.1, 0.15) is 10.4 Å². The van der Waals surface area contributed by atoms with Crippen molar-refractivity contribution in [2.45, 2.75) is 0 Å². The zero-order valence-electron chi connectivity index (χ0n) is 11.2. The number of nitrogens with one attached hydrogen (secondary N) is 1. The highest BCUT2D eigenvalue weighted by atomic mass is 19.1. The predicted octanol–water partition coefficient (Wildman–Crippen LogP) is 2.09. The smallest absolute Gasteiger partial charge is 0.255 e. The number of benzene rings is 1. The fourth-order valence-corrected chi connectivity index (χ4v) is 1.80. The number of aromatic nitrogens is 1. The van der Waals surface area contributed by atoms with E-state index >= 15 is 0 Å². The van der Waals surface area contributed by atoms with E-state index in [9.17, 15) is 9.18 Å². The van der Waals surface area contributed by atoms with Crippen molar-refractivity contribution in [1.82, 2.24) is 10.3 Å². The quantitative estimate of drug-likeness (QED) is 0.848. The van der Waals surface area contributed by atoms with E-state index in [1.807, 2.05) is 42.3 Å². The minimum atomic E-state index is -0.749. The van der Waals surface area contributed by atoms with Crippen molar-refractivity contribution in [3.8, 4) is 0 Å². The lowest BCUT2D eigenvalue weighted by Gasteiger charge is -2.19. The van der Waals surface area contributed by atoms with Crippen molar-refractivity contribution >= 4 is 11.6 Å². The summed E-state index contributed by atoms with van der Waals surface area (Å²) in [6, 6.07) is 12.8. The molecule has 4 nitrogen and oxygen atoms in total. The molecule has 1 heterocycles. The van der Waals surface area contributed by atoms with E-state index in [0.717, 1.165) is 5.69 Å². The summed E-state index contributed by atoms with van der Waals surface area (Å²) in [6.45, 7) is 1.07. The molecule has 20 heavy (non-hydrogen) atoms. The van der Waals surface area contributed by atoms with E-state index in [4.69, 9.17) is 0 Å². The summed E-state index contributed by atoms with van der Waals surface area (Å²) >= 11 is 0. The molecule has 1 N–H and O–H groups in total. The van der Waals surface area contributed by atoms with Gasteiger partial charge in [-0.3, -0.25) is 4.79 Å². The van der Waals surface area contributed by atoms with E-state index in [2.05, 4.69) is 10.3 Å². The Morgan fingerprint density at radius 1 is 1.25 bits per heavy atom. The number of hydrogen-bond donors (Lipinski definition) is 1. The van der Waals surface area contributed by atoms with Crippen molar-refractivity contribution in [1.29, 1.82) is 0 Å². The standard InChI is InChI=1S/C15H16FN3O/c1-19(12-6-3-2-4-7-12)11-10-18-15(20)13-8-5-9-17-14(13)16/h2-9H,10-11H2,1H3,(H,18,20). The van der Waals surface area contributed by atoms with Crippen LogP contribution in [0.2, 0.25) is 0 Å². The molecule has 0 spiro atoms. The van der Waals surface area contributed by atoms with Gasteiger partial charge in [0.25, 0.3) is 5.91 Å². The van der Waals surface area contributed by atoms with Crippen LogP contribution in [0.15, 0.2) is 48.7 Å². The Morgan fingerprint density at radius 2 is 2.00 bits per heavy atom. The van der Waals surface area contributed by atoms with Crippen molar-refractivity contribution in [2.24, 2.45) is 0 Å². The molecule has 0 radical (unpaired) electrons. The van der Waals surface area contributed by atoms with Gasteiger partial charge < -0.3 is 10.2 Å². The van der Waals surface area contributed by atoms with Crippen LogP contribution in [0.4, 0.5) is 10.1 Å². The minimum Gasteiger partial charge on any atom is -0.373 e. The van der Waals surface area contributed by atoms with Gasteiger partial charge in [0.05, 0.1) is 5.56 Å². The normalized spacial score (nSPS) is 10.1. The van der Waals surface area contributed by atoms with E-state index in [1.165, 1.54) is 18.3 Å². The molecule has 5 heteroatoms. The number of para-hydroxylation sites is 1. The number of rotatable bonds is 5. The van der Waals surface area contributed by atoms with E-state index < -0.39 is 11.9 Å². The first-order valence-electron chi connectivity index (χ1n) is 6.33. The highest BCUT2D eigenvalue weighted by molar-refractivity contribution is 5.94. The molecule has 1 aromatic heterocycles. The summed E-state index contributed by atoms with van der Waals surface area (Å²) in [5.74, 6) is -1.20. The molecule has 0 saturated heterocycles. The second-order valence-corrected chi connectivity index (χ2v) is 4.35. The van der Waals surface area contributed by atoms with Crippen LogP contribution in [0.5, 0.6) is 0 Å². The highest BCUT2D eigenvalue weighted by Crippen LogP contribution is 2.09. The molecule has 0 aliphatic rings. The van der Waals surface area contributed by atoms with Gasteiger partial charge in [0, 0.05) is 32.0 Å². The number of anilines is 1. The highest BCUT2D eigenvalue weighted by Gasteiger charge is 2.11. The SMILES string of the molecule is CN(CCNC(=O)c1cccnc1F)c1ccccc1. The Morgan fingerprint density at radius 3 is 2.70 bits per heavy atom. The van der Waals surface area contributed by atoms with Crippen LogP contribution < -0.4 is 10.2 Å². The first-order chi connectivity index (χ1) is 9.68. The lowest BCUT2D eigenvalue weighted by Crippen LogP contribution is -2.33. The van der Waals surface area contributed by atoms with Crippen LogP contribution in [0.3, 0.4) is 0 Å². The predicted molar refractivity (Wildman–Crippen MR) is 76.2 cm³/mol. The third-order valence-corrected chi connectivity index (χ3v) is 2.93. The van der Waals surface area contributed by atoms with Gasteiger partial charge in [-0.2, -0.15) is 4.39 Å². The molecule has 0 aliphatic carbocycles. The molecule has 0 saturated carbocycles. The van der Waals surface area contributed by atoms with Gasteiger partial charge in [-0.1, -0.05) is 18.2 Å². The third kappa shape index (κ3) is 3.54. The van der Waals surface area contributed by atoms with Crippen molar-refractivity contribution in [2.75, 3.05) is 25.0 Å². The van der Waals surface area contributed by atoms with E-state index in [0.29, 0.717) is 13.1 Å². The summed E-state index contributed by atoms with van der Waals surface area (Å²) in [5.41, 5.74) is 1.03. The van der Waals surface area contributed by atoms with Gasteiger partial charge in [-0.15, -0.1) is 0 Å². The number of halogens is 1. The zero-order valence-corrected chi connectivity index (χ0v) is 11.2. The maximum Gasteiger partial charge on any atom is 0.255 e. The van der Waals surface area contributed by atoms with Crippen LogP contribution in [0.25, 0.3) is 0 Å². The van der Waals surface area contributed by atoms with Crippen LogP contribution >= 0.6 is 0 Å². The van der Waals surface area contributed by atoms with Gasteiger partial charge >= 0.3 is 0 Å². The number of carbonyl (C=O) groups is 1. The summed E-state index contributed by atoms with van der Waals surface area (Å²) in [5, 5.41) is 2.68. The zero-order chi connectivity index (χ0) is 14.4. The molecule has 0 aliphatic heterocycles. The van der Waals surface area contributed by atoms with Crippen molar-refractivity contribution < 1.29 is 9.18 Å². The van der Waals surface area contributed by atoms with E-state index in [1.54, 1.807) is 0 Å². The van der Waals surface area contributed by atoms with E-state index in [-0.39, 0.29) is 5.56 Å². The molecular formula is C15H16FN3O. The average molecular weight is 273 g/mol. The fraction of sp³-hybridized carbons (Fsp3) is 0.200. The molecular weight excluding hydrogens is 257 g/mol.